The van der Waals surface area contributed by atoms with E-state index in [0.29, 0.717) is 0 Å². The molecule has 0 bridgehead atoms. The highest BCUT2D eigenvalue weighted by atomic mass is 16.6. The van der Waals surface area contributed by atoms with Gasteiger partial charge in [0.2, 0.25) is 0 Å². The topological polar surface area (TPSA) is 88.1 Å². The van der Waals surface area contributed by atoms with Gasteiger partial charge >= 0.3 is 17.9 Å². The summed E-state index contributed by atoms with van der Waals surface area (Å²) < 4.78 is 21.6. The summed E-state index contributed by atoms with van der Waals surface area (Å²) in [5.41, 5.74) is 0.951. The van der Waals surface area contributed by atoms with Crippen LogP contribution in [0.5, 0.6) is 0 Å². The monoisotopic (exact) mass is 328 g/mol. The summed E-state index contributed by atoms with van der Waals surface area (Å²) in [6.07, 6.45) is -2.05. The third-order valence-corrected chi connectivity index (χ3v) is 3.21. The van der Waals surface area contributed by atoms with Crippen molar-refractivity contribution < 1.29 is 33.3 Å². The maximum atomic E-state index is 11.5. The lowest BCUT2D eigenvalue weighted by molar-refractivity contribution is -0.235. The zero-order valence-corrected chi connectivity index (χ0v) is 14.3. The summed E-state index contributed by atoms with van der Waals surface area (Å²) in [5, 5.41) is 0. The molecule has 0 aromatic carbocycles. The summed E-state index contributed by atoms with van der Waals surface area (Å²) in [5.74, 6) is -1.64. The normalized spacial score (nSPS) is 30.1. The molecule has 0 unspecified atom stereocenters. The smallest absolute Gasteiger partial charge is 0.303 e. The minimum atomic E-state index is -0.940. The Hall–Kier alpha value is -1.89. The second-order valence-corrected chi connectivity index (χ2v) is 5.77. The molecule has 0 N–H and O–H groups in total. The number of allylic oxidation sites excluding steroid dienone is 1. The van der Waals surface area contributed by atoms with Crippen molar-refractivity contribution in [1.29, 1.82) is 0 Å². The molecular weight excluding hydrogens is 304 g/mol. The van der Waals surface area contributed by atoms with Gasteiger partial charge in [0.25, 0.3) is 0 Å². The molecule has 0 aromatic heterocycles. The van der Waals surface area contributed by atoms with E-state index in [4.69, 9.17) is 18.9 Å². The van der Waals surface area contributed by atoms with Gasteiger partial charge in [-0.1, -0.05) is 11.6 Å². The molecule has 1 aliphatic heterocycles. The molecule has 0 spiro atoms. The number of hydrogen-bond donors (Lipinski definition) is 0. The van der Waals surface area contributed by atoms with Crippen LogP contribution in [0, 0.1) is 0 Å². The molecule has 5 atom stereocenters. The average molecular weight is 328 g/mol. The van der Waals surface area contributed by atoms with Crippen LogP contribution >= 0.6 is 0 Å². The zero-order chi connectivity index (χ0) is 17.7. The van der Waals surface area contributed by atoms with Crippen LogP contribution in [0.15, 0.2) is 11.6 Å². The quantitative estimate of drug-likeness (QED) is 0.439. The van der Waals surface area contributed by atoms with Gasteiger partial charge in [-0.2, -0.15) is 0 Å². The predicted octanol–water partition coefficient (Wildman–Crippen LogP) is 1.54. The average Bonchev–Trinajstić information content (AvgIpc) is 2.36. The first kappa shape index (κ1) is 19.2. The van der Waals surface area contributed by atoms with Gasteiger partial charge in [-0.25, -0.2) is 0 Å². The van der Waals surface area contributed by atoms with Gasteiger partial charge in [0, 0.05) is 20.8 Å². The van der Waals surface area contributed by atoms with Crippen LogP contribution in [0.3, 0.4) is 0 Å². The van der Waals surface area contributed by atoms with Crippen molar-refractivity contribution in [3.63, 3.8) is 0 Å². The molecule has 23 heavy (non-hydrogen) atoms. The van der Waals surface area contributed by atoms with E-state index in [1.165, 1.54) is 20.8 Å². The van der Waals surface area contributed by atoms with Gasteiger partial charge < -0.3 is 18.9 Å². The number of hydrogen-bond acceptors (Lipinski definition) is 7. The third kappa shape index (κ3) is 5.67. The van der Waals surface area contributed by atoms with E-state index in [0.717, 1.165) is 5.57 Å². The van der Waals surface area contributed by atoms with Gasteiger partial charge in [-0.15, -0.1) is 0 Å². The third-order valence-electron chi connectivity index (χ3n) is 3.21. The molecule has 1 rings (SSSR count). The highest BCUT2D eigenvalue weighted by Gasteiger charge is 2.49. The van der Waals surface area contributed by atoms with Crippen molar-refractivity contribution in [1.82, 2.24) is 0 Å². The van der Waals surface area contributed by atoms with E-state index in [1.807, 2.05) is 13.8 Å². The lowest BCUT2D eigenvalue weighted by Crippen LogP contribution is -2.60. The molecule has 1 fully saturated rings. The second kappa shape index (κ2) is 8.10. The minimum Gasteiger partial charge on any atom is -0.456 e. The first-order valence-electron chi connectivity index (χ1n) is 7.44. The Morgan fingerprint density at radius 3 is 1.65 bits per heavy atom. The number of carbonyl (C=O) groups is 3. The van der Waals surface area contributed by atoms with Crippen LogP contribution in [0.2, 0.25) is 0 Å². The summed E-state index contributed by atoms with van der Waals surface area (Å²) >= 11 is 0. The largest absolute Gasteiger partial charge is 0.456 e. The van der Waals surface area contributed by atoms with Crippen LogP contribution in [-0.4, -0.2) is 48.4 Å². The molecule has 7 heteroatoms. The number of esters is 3. The van der Waals surface area contributed by atoms with Gasteiger partial charge in [-0.05, 0) is 20.8 Å². The van der Waals surface area contributed by atoms with Crippen LogP contribution in [0.1, 0.15) is 41.5 Å². The first-order valence-corrected chi connectivity index (χ1v) is 7.44. The summed E-state index contributed by atoms with van der Waals surface area (Å²) in [7, 11) is 0. The van der Waals surface area contributed by atoms with Crippen molar-refractivity contribution in [3.05, 3.63) is 11.6 Å². The standard InChI is InChI=1S/C16H24O7/c1-8(2)7-13-15(22-11(5)18)16(23-12(6)19)14(9(3)20-13)21-10(4)17/h7,9,13-16H,1-6H3/t9-,13-,14-,15-,16+/m0/s1. The van der Waals surface area contributed by atoms with E-state index in [9.17, 15) is 14.4 Å². The highest BCUT2D eigenvalue weighted by molar-refractivity contribution is 5.68. The van der Waals surface area contributed by atoms with Crippen molar-refractivity contribution in [2.75, 3.05) is 0 Å². The SMILES string of the molecule is CC(=O)O[C@@H]1[C@@H](OC(C)=O)[C@H](C)O[C@@H](C=C(C)C)[C@@H]1OC(C)=O. The van der Waals surface area contributed by atoms with E-state index < -0.39 is 48.4 Å². The van der Waals surface area contributed by atoms with Gasteiger partial charge in [-0.3, -0.25) is 14.4 Å². The van der Waals surface area contributed by atoms with Gasteiger partial charge in [0.1, 0.15) is 6.10 Å². The van der Waals surface area contributed by atoms with E-state index in [2.05, 4.69) is 0 Å². The Morgan fingerprint density at radius 2 is 1.22 bits per heavy atom. The molecule has 1 saturated heterocycles. The fraction of sp³-hybridized carbons (Fsp3) is 0.688. The van der Waals surface area contributed by atoms with Gasteiger partial charge in [0.15, 0.2) is 18.3 Å². The first-order chi connectivity index (χ1) is 10.6. The lowest BCUT2D eigenvalue weighted by atomic mass is 9.93. The van der Waals surface area contributed by atoms with E-state index >= 15 is 0 Å². The highest BCUT2D eigenvalue weighted by Crippen LogP contribution is 2.29. The Bertz CT molecular complexity index is 493. The van der Waals surface area contributed by atoms with Crippen LogP contribution in [0.4, 0.5) is 0 Å². The molecule has 0 aliphatic carbocycles. The van der Waals surface area contributed by atoms with Crippen molar-refractivity contribution in [2.45, 2.75) is 72.1 Å². The molecule has 0 amide bonds. The Labute approximate surface area is 135 Å². The molecule has 0 aromatic rings. The minimum absolute atomic E-state index is 0.532. The fourth-order valence-corrected chi connectivity index (χ4v) is 2.51. The Kier molecular flexibility index (Phi) is 6.75. The summed E-state index contributed by atoms with van der Waals surface area (Å²) in [6, 6.07) is 0. The molecule has 0 saturated carbocycles. The van der Waals surface area contributed by atoms with Gasteiger partial charge in [0.05, 0.1) is 6.10 Å². The zero-order valence-electron chi connectivity index (χ0n) is 14.3. The molecule has 130 valence electrons. The summed E-state index contributed by atoms with van der Waals surface area (Å²) in [4.78, 5) is 34.2. The van der Waals surface area contributed by atoms with Crippen LogP contribution in [-0.2, 0) is 33.3 Å². The molecule has 1 aliphatic rings. The Morgan fingerprint density at radius 1 is 0.783 bits per heavy atom. The molecule has 1 heterocycles. The maximum absolute atomic E-state index is 11.5. The molecule has 0 radical (unpaired) electrons. The Balaban J connectivity index is 3.21. The van der Waals surface area contributed by atoms with Crippen molar-refractivity contribution in [2.24, 2.45) is 0 Å². The molecule has 7 nitrogen and oxygen atoms in total. The number of ether oxygens (including phenoxy) is 4. The number of rotatable bonds is 4. The lowest BCUT2D eigenvalue weighted by Gasteiger charge is -2.43. The van der Waals surface area contributed by atoms with E-state index in [-0.39, 0.29) is 0 Å². The maximum Gasteiger partial charge on any atom is 0.303 e. The molecular formula is C16H24O7. The van der Waals surface area contributed by atoms with Crippen LogP contribution in [0.25, 0.3) is 0 Å². The van der Waals surface area contributed by atoms with E-state index in [1.54, 1.807) is 13.0 Å². The van der Waals surface area contributed by atoms with Crippen molar-refractivity contribution >= 4 is 17.9 Å². The predicted molar refractivity (Wildman–Crippen MR) is 80.4 cm³/mol. The second-order valence-electron chi connectivity index (χ2n) is 5.77. The van der Waals surface area contributed by atoms with Crippen LogP contribution < -0.4 is 0 Å². The number of carbonyl (C=O) groups excluding carboxylic acids is 3. The van der Waals surface area contributed by atoms with Crippen molar-refractivity contribution in [3.8, 4) is 0 Å². The summed E-state index contributed by atoms with van der Waals surface area (Å²) in [6.45, 7) is 9.20. The fourth-order valence-electron chi connectivity index (χ4n) is 2.51.